The van der Waals surface area contributed by atoms with Gasteiger partial charge in [-0.05, 0) is 57.1 Å². The summed E-state index contributed by atoms with van der Waals surface area (Å²) in [4.78, 5) is 2.49. The average Bonchev–Trinajstić information content (AvgIpc) is 2.41. The summed E-state index contributed by atoms with van der Waals surface area (Å²) >= 11 is 3.51. The Bertz CT molecular complexity index is 350. The highest BCUT2D eigenvalue weighted by atomic mass is 79.9. The molecule has 0 aromatic heterocycles. The molecule has 2 nitrogen and oxygen atoms in total. The van der Waals surface area contributed by atoms with Crippen LogP contribution in [0.2, 0.25) is 0 Å². The molecule has 19 heavy (non-hydrogen) atoms. The van der Waals surface area contributed by atoms with Crippen LogP contribution in [-0.4, -0.2) is 30.6 Å². The molecular formula is C16H27BrN2. The molecule has 1 atom stereocenters. The van der Waals surface area contributed by atoms with Gasteiger partial charge in [0.2, 0.25) is 0 Å². The van der Waals surface area contributed by atoms with Gasteiger partial charge in [-0.3, -0.25) is 0 Å². The van der Waals surface area contributed by atoms with E-state index in [0.29, 0.717) is 6.04 Å². The zero-order valence-electron chi connectivity index (χ0n) is 12.5. The van der Waals surface area contributed by atoms with Crippen molar-refractivity contribution in [3.05, 3.63) is 34.3 Å². The molecule has 1 aromatic rings. The van der Waals surface area contributed by atoms with E-state index in [9.17, 15) is 0 Å². The fourth-order valence-electron chi connectivity index (χ4n) is 2.20. The maximum absolute atomic E-state index is 3.60. The van der Waals surface area contributed by atoms with Crippen molar-refractivity contribution in [1.29, 1.82) is 0 Å². The second kappa shape index (κ2) is 9.51. The zero-order chi connectivity index (χ0) is 14.1. The molecular weight excluding hydrogens is 300 g/mol. The number of benzene rings is 1. The Balaban J connectivity index is 2.19. The van der Waals surface area contributed by atoms with Crippen molar-refractivity contribution in [3.63, 3.8) is 0 Å². The van der Waals surface area contributed by atoms with E-state index < -0.39 is 0 Å². The van der Waals surface area contributed by atoms with Crippen molar-refractivity contribution in [1.82, 2.24) is 10.2 Å². The van der Waals surface area contributed by atoms with E-state index in [-0.39, 0.29) is 0 Å². The van der Waals surface area contributed by atoms with Gasteiger partial charge in [0.1, 0.15) is 0 Å². The number of nitrogens with zero attached hydrogens (tertiary/aromatic N) is 1. The molecule has 1 aromatic carbocycles. The Morgan fingerprint density at radius 3 is 2.63 bits per heavy atom. The highest BCUT2D eigenvalue weighted by molar-refractivity contribution is 9.10. The number of nitrogens with one attached hydrogen (secondary N) is 1. The second-order valence-corrected chi connectivity index (χ2v) is 6.00. The first kappa shape index (κ1) is 16.7. The lowest BCUT2D eigenvalue weighted by atomic mass is 10.1. The van der Waals surface area contributed by atoms with Crippen molar-refractivity contribution in [2.45, 2.75) is 46.2 Å². The Labute approximate surface area is 126 Å². The van der Waals surface area contributed by atoms with Crippen LogP contribution >= 0.6 is 15.9 Å². The van der Waals surface area contributed by atoms with Gasteiger partial charge >= 0.3 is 0 Å². The zero-order valence-corrected chi connectivity index (χ0v) is 14.0. The third kappa shape index (κ3) is 7.09. The molecule has 1 rings (SSSR count). The molecule has 1 unspecified atom stereocenters. The van der Waals surface area contributed by atoms with E-state index in [4.69, 9.17) is 0 Å². The average molecular weight is 327 g/mol. The molecule has 0 radical (unpaired) electrons. The van der Waals surface area contributed by atoms with Gasteiger partial charge in [-0.25, -0.2) is 0 Å². The summed E-state index contributed by atoms with van der Waals surface area (Å²) in [5, 5.41) is 3.60. The van der Waals surface area contributed by atoms with Crippen LogP contribution in [-0.2, 0) is 6.54 Å². The fourth-order valence-corrected chi connectivity index (χ4v) is 2.65. The summed E-state index contributed by atoms with van der Waals surface area (Å²) < 4.78 is 1.15. The first-order valence-electron chi connectivity index (χ1n) is 7.35. The topological polar surface area (TPSA) is 15.3 Å². The van der Waals surface area contributed by atoms with Crippen molar-refractivity contribution in [3.8, 4) is 0 Å². The minimum atomic E-state index is 0.578. The monoisotopic (exact) mass is 326 g/mol. The summed E-state index contributed by atoms with van der Waals surface area (Å²) in [5.41, 5.74) is 1.34. The Morgan fingerprint density at radius 2 is 2.00 bits per heavy atom. The minimum Gasteiger partial charge on any atom is -0.310 e. The molecule has 0 heterocycles. The number of halogens is 1. The smallest absolute Gasteiger partial charge is 0.0208 e. The quantitative estimate of drug-likeness (QED) is 0.736. The van der Waals surface area contributed by atoms with Crippen molar-refractivity contribution in [2.24, 2.45) is 0 Å². The molecule has 0 saturated heterocycles. The first-order valence-corrected chi connectivity index (χ1v) is 8.15. The summed E-state index contributed by atoms with van der Waals surface area (Å²) in [6.07, 6.45) is 2.51. The van der Waals surface area contributed by atoms with Gasteiger partial charge in [0.05, 0.1) is 0 Å². The van der Waals surface area contributed by atoms with Crippen LogP contribution in [0.4, 0.5) is 0 Å². The molecule has 0 bridgehead atoms. The lowest BCUT2D eigenvalue weighted by molar-refractivity contribution is 0.290. The maximum Gasteiger partial charge on any atom is 0.0208 e. The molecule has 0 spiro atoms. The summed E-state index contributed by atoms with van der Waals surface area (Å²) in [6, 6.07) is 9.08. The normalized spacial score (nSPS) is 12.9. The molecule has 1 N–H and O–H groups in total. The Morgan fingerprint density at radius 1 is 1.26 bits per heavy atom. The minimum absolute atomic E-state index is 0.578. The van der Waals surface area contributed by atoms with Crippen LogP contribution in [0.1, 0.15) is 39.2 Å². The van der Waals surface area contributed by atoms with Gasteiger partial charge in [-0.15, -0.1) is 0 Å². The van der Waals surface area contributed by atoms with Crippen LogP contribution in [0.3, 0.4) is 0 Å². The molecule has 0 saturated carbocycles. The van der Waals surface area contributed by atoms with Crippen LogP contribution in [0.25, 0.3) is 0 Å². The van der Waals surface area contributed by atoms with Crippen LogP contribution in [0.15, 0.2) is 28.7 Å². The van der Waals surface area contributed by atoms with E-state index in [0.717, 1.165) is 24.1 Å². The maximum atomic E-state index is 3.60. The fraction of sp³-hybridized carbons (Fsp3) is 0.625. The Hall–Kier alpha value is -0.380. The van der Waals surface area contributed by atoms with Crippen LogP contribution in [0, 0.1) is 0 Å². The summed E-state index contributed by atoms with van der Waals surface area (Å²) in [5.74, 6) is 0. The predicted octanol–water partition coefficient (Wildman–Crippen LogP) is 4.05. The Kier molecular flexibility index (Phi) is 8.35. The summed E-state index contributed by atoms with van der Waals surface area (Å²) in [7, 11) is 0. The lowest BCUT2D eigenvalue weighted by Crippen LogP contribution is -2.28. The van der Waals surface area contributed by atoms with Crippen molar-refractivity contribution < 1.29 is 0 Å². The van der Waals surface area contributed by atoms with Gasteiger partial charge in [0.15, 0.2) is 0 Å². The molecule has 108 valence electrons. The van der Waals surface area contributed by atoms with Gasteiger partial charge < -0.3 is 10.2 Å². The van der Waals surface area contributed by atoms with Crippen molar-refractivity contribution >= 4 is 15.9 Å². The largest absolute Gasteiger partial charge is 0.310 e. The second-order valence-electron chi connectivity index (χ2n) is 5.08. The third-order valence-electron chi connectivity index (χ3n) is 3.55. The van der Waals surface area contributed by atoms with E-state index in [1.807, 2.05) is 0 Å². The third-order valence-corrected chi connectivity index (χ3v) is 4.04. The number of hydrogen-bond donors (Lipinski definition) is 1. The molecule has 0 amide bonds. The van der Waals surface area contributed by atoms with Crippen LogP contribution < -0.4 is 5.32 Å². The molecule has 0 fully saturated rings. The summed E-state index contributed by atoms with van der Waals surface area (Å²) in [6.45, 7) is 11.2. The molecule has 0 aliphatic carbocycles. The standard InChI is InChI=1S/C16H27BrN2/c1-4-19(5-2)11-7-8-14(3)18-13-15-9-6-10-16(17)12-15/h6,9-10,12,14,18H,4-5,7-8,11,13H2,1-3H3. The molecule has 0 aliphatic rings. The van der Waals surface area contributed by atoms with E-state index in [1.54, 1.807) is 0 Å². The predicted molar refractivity (Wildman–Crippen MR) is 87.5 cm³/mol. The molecule has 0 aliphatic heterocycles. The molecule has 3 heteroatoms. The van der Waals surface area contributed by atoms with Crippen molar-refractivity contribution in [2.75, 3.05) is 19.6 Å². The van der Waals surface area contributed by atoms with E-state index in [2.05, 4.69) is 71.2 Å². The van der Waals surface area contributed by atoms with E-state index in [1.165, 1.54) is 24.9 Å². The first-order chi connectivity index (χ1) is 9.15. The lowest BCUT2D eigenvalue weighted by Gasteiger charge is -2.19. The highest BCUT2D eigenvalue weighted by Crippen LogP contribution is 2.11. The van der Waals surface area contributed by atoms with Gasteiger partial charge in [-0.2, -0.15) is 0 Å². The van der Waals surface area contributed by atoms with E-state index >= 15 is 0 Å². The SMILES string of the molecule is CCN(CC)CCCC(C)NCc1cccc(Br)c1. The van der Waals surface area contributed by atoms with Gasteiger partial charge in [0.25, 0.3) is 0 Å². The van der Waals surface area contributed by atoms with Gasteiger partial charge in [0, 0.05) is 17.1 Å². The highest BCUT2D eigenvalue weighted by Gasteiger charge is 2.04. The number of rotatable bonds is 9. The van der Waals surface area contributed by atoms with Gasteiger partial charge in [-0.1, -0.05) is 41.9 Å². The van der Waals surface area contributed by atoms with Crippen LogP contribution in [0.5, 0.6) is 0 Å². The number of hydrogen-bond acceptors (Lipinski definition) is 2.